The molecule has 0 saturated carbocycles. The zero-order valence-electron chi connectivity index (χ0n) is 13.6. The smallest absolute Gasteiger partial charge is 0.173 e. The number of carbonyl (C=O) groups is 1. The number of carbonyl (C=O) groups excluding carboxylic acids is 1. The van der Waals surface area contributed by atoms with E-state index in [0.29, 0.717) is 28.4 Å². The number of phenolic OH excluding ortho intramolecular Hbond substituents is 1. The van der Waals surface area contributed by atoms with Gasteiger partial charge < -0.3 is 20.1 Å². The Bertz CT molecular complexity index is 748. The molecule has 7 heteroatoms. The molecular formula is C17H19BrN2O3S. The highest BCUT2D eigenvalue weighted by atomic mass is 79.9. The molecule has 2 N–H and O–H groups in total. The van der Waals surface area contributed by atoms with E-state index >= 15 is 0 Å². The second-order valence-electron chi connectivity index (χ2n) is 5.86. The SMILES string of the molecule is CCOc1cc(C2NC(=S)N(C)C3=C2C(=O)CCC3)cc(Br)c1O. The summed E-state index contributed by atoms with van der Waals surface area (Å²) in [7, 11) is 1.89. The van der Waals surface area contributed by atoms with Crippen LogP contribution in [0.3, 0.4) is 0 Å². The van der Waals surface area contributed by atoms with E-state index in [2.05, 4.69) is 21.2 Å². The lowest BCUT2D eigenvalue weighted by atomic mass is 9.85. The Balaban J connectivity index is 2.12. The molecule has 1 heterocycles. The van der Waals surface area contributed by atoms with Crippen LogP contribution < -0.4 is 10.1 Å². The minimum absolute atomic E-state index is 0.0558. The molecule has 0 saturated heterocycles. The van der Waals surface area contributed by atoms with Crippen LogP contribution in [0.15, 0.2) is 27.9 Å². The molecule has 0 fully saturated rings. The van der Waals surface area contributed by atoms with Crippen molar-refractivity contribution in [2.24, 2.45) is 0 Å². The van der Waals surface area contributed by atoms with Crippen molar-refractivity contribution in [1.82, 2.24) is 10.2 Å². The molecule has 1 aliphatic carbocycles. The van der Waals surface area contributed by atoms with Crippen molar-refractivity contribution in [1.29, 1.82) is 0 Å². The fraction of sp³-hybridized carbons (Fsp3) is 0.412. The molecular weight excluding hydrogens is 392 g/mol. The minimum atomic E-state index is -0.326. The number of ether oxygens (including phenoxy) is 1. The van der Waals surface area contributed by atoms with Crippen LogP contribution in [0.25, 0.3) is 0 Å². The maximum absolute atomic E-state index is 12.6. The van der Waals surface area contributed by atoms with Gasteiger partial charge in [0.25, 0.3) is 0 Å². The van der Waals surface area contributed by atoms with Crippen LogP contribution in [0.5, 0.6) is 11.5 Å². The first-order chi connectivity index (χ1) is 11.4. The number of aromatic hydroxyl groups is 1. The lowest BCUT2D eigenvalue weighted by Gasteiger charge is -2.39. The molecule has 1 unspecified atom stereocenters. The van der Waals surface area contributed by atoms with Gasteiger partial charge in [0.15, 0.2) is 22.4 Å². The number of ketones is 1. The molecule has 0 spiro atoms. The Labute approximate surface area is 154 Å². The largest absolute Gasteiger partial charge is 0.503 e. The van der Waals surface area contributed by atoms with Crippen LogP contribution in [0.4, 0.5) is 0 Å². The van der Waals surface area contributed by atoms with Crippen LogP contribution in [0.2, 0.25) is 0 Å². The number of nitrogens with zero attached hydrogens (tertiary/aromatic N) is 1. The van der Waals surface area contributed by atoms with Gasteiger partial charge in [-0.25, -0.2) is 0 Å². The first-order valence-corrected chi connectivity index (χ1v) is 9.09. The van der Waals surface area contributed by atoms with Gasteiger partial charge in [-0.3, -0.25) is 4.79 Å². The summed E-state index contributed by atoms with van der Waals surface area (Å²) < 4.78 is 6.04. The van der Waals surface area contributed by atoms with Gasteiger partial charge in [-0.2, -0.15) is 0 Å². The molecule has 1 aliphatic heterocycles. The molecule has 128 valence electrons. The third-order valence-corrected chi connectivity index (χ3v) is 5.37. The number of allylic oxidation sites excluding steroid dienone is 1. The molecule has 0 amide bonds. The molecule has 0 aromatic heterocycles. The van der Waals surface area contributed by atoms with Crippen LogP contribution in [0, 0.1) is 0 Å². The van der Waals surface area contributed by atoms with Crippen LogP contribution in [-0.4, -0.2) is 34.6 Å². The zero-order chi connectivity index (χ0) is 17.4. The van der Waals surface area contributed by atoms with Gasteiger partial charge in [0.2, 0.25) is 0 Å². The number of benzene rings is 1. The van der Waals surface area contributed by atoms with Gasteiger partial charge in [0, 0.05) is 24.7 Å². The van der Waals surface area contributed by atoms with Crippen molar-refractivity contribution >= 4 is 39.0 Å². The van der Waals surface area contributed by atoms with E-state index in [0.717, 1.165) is 29.7 Å². The first kappa shape index (κ1) is 17.2. The van der Waals surface area contributed by atoms with E-state index in [1.165, 1.54) is 0 Å². The molecule has 1 aromatic carbocycles. The zero-order valence-corrected chi connectivity index (χ0v) is 16.0. The topological polar surface area (TPSA) is 61.8 Å². The number of thiocarbonyl (C=S) groups is 1. The monoisotopic (exact) mass is 410 g/mol. The Morgan fingerprint density at radius 1 is 1.46 bits per heavy atom. The average molecular weight is 411 g/mol. The van der Waals surface area contributed by atoms with Gasteiger partial charge in [0.05, 0.1) is 17.1 Å². The van der Waals surface area contributed by atoms with E-state index in [1.54, 1.807) is 12.1 Å². The highest BCUT2D eigenvalue weighted by Gasteiger charge is 2.36. The summed E-state index contributed by atoms with van der Waals surface area (Å²) in [5.41, 5.74) is 2.58. The lowest BCUT2D eigenvalue weighted by Crippen LogP contribution is -2.47. The van der Waals surface area contributed by atoms with Crippen LogP contribution >= 0.6 is 28.1 Å². The molecule has 0 bridgehead atoms. The predicted octanol–water partition coefficient (Wildman–Crippen LogP) is 3.42. The fourth-order valence-corrected chi connectivity index (χ4v) is 3.90. The van der Waals surface area contributed by atoms with Crippen molar-refractivity contribution in [3.8, 4) is 11.5 Å². The highest BCUT2D eigenvalue weighted by molar-refractivity contribution is 9.10. The van der Waals surface area contributed by atoms with Crippen molar-refractivity contribution in [2.75, 3.05) is 13.7 Å². The summed E-state index contributed by atoms with van der Waals surface area (Å²) in [6.07, 6.45) is 2.24. The summed E-state index contributed by atoms with van der Waals surface area (Å²) >= 11 is 8.79. The fourth-order valence-electron chi connectivity index (χ4n) is 3.21. The summed E-state index contributed by atoms with van der Waals surface area (Å²) in [6.45, 7) is 2.30. The number of halogens is 1. The van der Waals surface area contributed by atoms with Crippen LogP contribution in [0.1, 0.15) is 37.8 Å². The number of Topliss-reactive ketones (excluding diaryl/α,β-unsaturated/α-hetero) is 1. The van der Waals surface area contributed by atoms with E-state index in [4.69, 9.17) is 17.0 Å². The molecule has 0 radical (unpaired) electrons. The molecule has 3 rings (SSSR count). The summed E-state index contributed by atoms with van der Waals surface area (Å²) in [6, 6.07) is 3.24. The molecule has 1 atom stereocenters. The predicted molar refractivity (Wildman–Crippen MR) is 99.1 cm³/mol. The Hall–Kier alpha value is -1.60. The summed E-state index contributed by atoms with van der Waals surface area (Å²) in [5.74, 6) is 0.587. The second-order valence-corrected chi connectivity index (χ2v) is 7.10. The summed E-state index contributed by atoms with van der Waals surface area (Å²) in [5, 5.41) is 14.0. The van der Waals surface area contributed by atoms with Gasteiger partial charge in [-0.1, -0.05) is 0 Å². The van der Waals surface area contributed by atoms with Crippen molar-refractivity contribution in [3.63, 3.8) is 0 Å². The van der Waals surface area contributed by atoms with Crippen molar-refractivity contribution in [2.45, 2.75) is 32.2 Å². The standard InChI is InChI=1S/C17H19BrN2O3S/c1-3-23-13-8-9(7-10(18)16(13)22)15-14-11(5-4-6-12(14)21)20(2)17(24)19-15/h7-8,15,22H,3-6H2,1-2H3,(H,19,24). The molecule has 2 aliphatic rings. The number of hydrogen-bond acceptors (Lipinski definition) is 4. The maximum atomic E-state index is 12.6. The van der Waals surface area contributed by atoms with E-state index in [-0.39, 0.29) is 17.6 Å². The van der Waals surface area contributed by atoms with Crippen molar-refractivity contribution in [3.05, 3.63) is 33.4 Å². The van der Waals surface area contributed by atoms with Gasteiger partial charge in [0.1, 0.15) is 0 Å². The molecule has 5 nitrogen and oxygen atoms in total. The summed E-state index contributed by atoms with van der Waals surface area (Å²) in [4.78, 5) is 14.5. The number of phenols is 1. The maximum Gasteiger partial charge on any atom is 0.173 e. The normalized spacial score (nSPS) is 20.8. The Kier molecular flexibility index (Phi) is 4.83. The third-order valence-electron chi connectivity index (χ3n) is 4.38. The highest BCUT2D eigenvalue weighted by Crippen LogP contribution is 2.42. The van der Waals surface area contributed by atoms with Crippen LogP contribution in [-0.2, 0) is 4.79 Å². The van der Waals surface area contributed by atoms with E-state index in [9.17, 15) is 9.90 Å². The quantitative estimate of drug-likeness (QED) is 0.744. The number of hydrogen-bond donors (Lipinski definition) is 2. The lowest BCUT2D eigenvalue weighted by molar-refractivity contribution is -0.116. The van der Waals surface area contributed by atoms with Gasteiger partial charge in [-0.15, -0.1) is 0 Å². The van der Waals surface area contributed by atoms with E-state index in [1.807, 2.05) is 18.9 Å². The van der Waals surface area contributed by atoms with Gasteiger partial charge >= 0.3 is 0 Å². The Morgan fingerprint density at radius 2 is 2.21 bits per heavy atom. The minimum Gasteiger partial charge on any atom is -0.503 e. The number of rotatable bonds is 3. The molecule has 1 aromatic rings. The molecule has 24 heavy (non-hydrogen) atoms. The average Bonchev–Trinajstić information content (AvgIpc) is 2.55. The van der Waals surface area contributed by atoms with E-state index < -0.39 is 0 Å². The first-order valence-electron chi connectivity index (χ1n) is 7.89. The van der Waals surface area contributed by atoms with Gasteiger partial charge in [-0.05, 0) is 65.6 Å². The third kappa shape index (κ3) is 2.91. The number of nitrogens with one attached hydrogen (secondary N) is 1. The second kappa shape index (κ2) is 6.72. The van der Waals surface area contributed by atoms with Crippen molar-refractivity contribution < 1.29 is 14.6 Å². The Morgan fingerprint density at radius 3 is 2.92 bits per heavy atom.